The van der Waals surface area contributed by atoms with E-state index in [0.29, 0.717) is 6.61 Å². The van der Waals surface area contributed by atoms with Crippen molar-refractivity contribution < 1.29 is 19.4 Å². The summed E-state index contributed by atoms with van der Waals surface area (Å²) >= 11 is 0. The van der Waals surface area contributed by atoms with Gasteiger partial charge in [-0.1, -0.05) is 30.3 Å². The molecular formula is C16H23ClN2O5. The van der Waals surface area contributed by atoms with Crippen LogP contribution < -0.4 is 5.32 Å². The average molecular weight is 359 g/mol. The highest BCUT2D eigenvalue weighted by Gasteiger charge is 2.49. The summed E-state index contributed by atoms with van der Waals surface area (Å²) in [5.74, 6) is 0. The van der Waals surface area contributed by atoms with E-state index in [2.05, 4.69) is 34.4 Å². The summed E-state index contributed by atoms with van der Waals surface area (Å²) in [6.45, 7) is 1.60. The van der Waals surface area contributed by atoms with Crippen molar-refractivity contribution in [2.75, 3.05) is 19.8 Å². The van der Waals surface area contributed by atoms with E-state index >= 15 is 0 Å². The third-order valence-electron chi connectivity index (χ3n) is 4.37. The van der Waals surface area contributed by atoms with Gasteiger partial charge in [-0.3, -0.25) is 0 Å². The molecule has 4 atom stereocenters. The molecular weight excluding hydrogens is 336 g/mol. The van der Waals surface area contributed by atoms with Gasteiger partial charge in [-0.25, -0.2) is 0 Å². The average Bonchev–Trinajstić information content (AvgIpc) is 3.11. The Bertz CT molecular complexity index is 518. The van der Waals surface area contributed by atoms with E-state index in [9.17, 15) is 10.1 Å². The van der Waals surface area contributed by atoms with E-state index < -0.39 is 11.2 Å². The minimum atomic E-state index is -0.774. The zero-order chi connectivity index (χ0) is 16.1. The Morgan fingerprint density at radius 2 is 1.92 bits per heavy atom. The van der Waals surface area contributed by atoms with E-state index in [4.69, 9.17) is 9.47 Å². The van der Waals surface area contributed by atoms with E-state index in [1.54, 1.807) is 0 Å². The van der Waals surface area contributed by atoms with Gasteiger partial charge in [0.2, 0.25) is 0 Å². The standard InChI is InChI=1S/C16H22N2O5.ClH/c19-18(20)23-14-11-22-15-13(10-21-16(14)15)17-9-5-4-8-12-6-2-1-3-7-12;/h1-3,6-7,13-17H,4-5,8-11H2;1H/t13-,14+,15+,16+;/m0./s1. The smallest absolute Gasteiger partial charge is 0.294 e. The first kappa shape index (κ1) is 18.9. The third-order valence-corrected chi connectivity index (χ3v) is 4.37. The van der Waals surface area contributed by atoms with Crippen LogP contribution >= 0.6 is 12.4 Å². The van der Waals surface area contributed by atoms with Crippen LogP contribution in [0.4, 0.5) is 0 Å². The molecule has 0 spiro atoms. The lowest BCUT2D eigenvalue weighted by Gasteiger charge is -2.17. The van der Waals surface area contributed by atoms with Crippen LogP contribution in [-0.4, -0.2) is 49.2 Å². The predicted molar refractivity (Wildman–Crippen MR) is 89.8 cm³/mol. The van der Waals surface area contributed by atoms with Crippen molar-refractivity contribution in [2.45, 2.75) is 43.6 Å². The second kappa shape index (κ2) is 9.17. The highest BCUT2D eigenvalue weighted by atomic mass is 35.5. The Kier molecular flexibility index (Phi) is 7.23. The maximum absolute atomic E-state index is 10.4. The van der Waals surface area contributed by atoms with Crippen molar-refractivity contribution in [3.05, 3.63) is 46.0 Å². The van der Waals surface area contributed by atoms with E-state index in [1.165, 1.54) is 5.56 Å². The molecule has 134 valence electrons. The molecule has 1 aromatic rings. The quantitative estimate of drug-likeness (QED) is 0.433. The molecule has 0 aliphatic carbocycles. The first-order valence-corrected chi connectivity index (χ1v) is 8.06. The maximum atomic E-state index is 10.4. The largest absolute Gasteiger partial charge is 0.371 e. The van der Waals surface area contributed by atoms with Gasteiger partial charge in [0.05, 0.1) is 19.3 Å². The topological polar surface area (TPSA) is 82.9 Å². The summed E-state index contributed by atoms with van der Waals surface area (Å²) in [4.78, 5) is 15.1. The monoisotopic (exact) mass is 358 g/mol. The Hall–Kier alpha value is -1.41. The fourth-order valence-corrected chi connectivity index (χ4v) is 3.23. The van der Waals surface area contributed by atoms with Gasteiger partial charge >= 0.3 is 0 Å². The Morgan fingerprint density at radius 3 is 2.67 bits per heavy atom. The van der Waals surface area contributed by atoms with Gasteiger partial charge < -0.3 is 19.6 Å². The number of aryl methyl sites for hydroxylation is 1. The Balaban J connectivity index is 0.00000208. The molecule has 1 aromatic carbocycles. The number of hydrogen-bond acceptors (Lipinski definition) is 6. The lowest BCUT2D eigenvalue weighted by atomic mass is 10.1. The second-order valence-corrected chi connectivity index (χ2v) is 5.97. The molecule has 0 radical (unpaired) electrons. The number of nitrogens with one attached hydrogen (secondary N) is 1. The van der Waals surface area contributed by atoms with Crippen LogP contribution in [0.3, 0.4) is 0 Å². The van der Waals surface area contributed by atoms with Gasteiger partial charge in [0.15, 0.2) is 6.10 Å². The first-order chi connectivity index (χ1) is 11.2. The van der Waals surface area contributed by atoms with E-state index in [1.807, 2.05) is 6.07 Å². The third kappa shape index (κ3) is 4.80. The minimum absolute atomic E-state index is 0. The fraction of sp³-hybridized carbons (Fsp3) is 0.625. The van der Waals surface area contributed by atoms with E-state index in [-0.39, 0.29) is 37.3 Å². The molecule has 8 heteroatoms. The molecule has 24 heavy (non-hydrogen) atoms. The number of nitrogens with zero attached hydrogens (tertiary/aromatic N) is 1. The SMILES string of the molecule is Cl.O=[N+]([O-])O[C@@H]1CO[C@H]2[C@@H]1OC[C@@H]2NCCCCc1ccccc1. The normalized spacial score (nSPS) is 28.2. The number of hydrogen-bond donors (Lipinski definition) is 1. The highest BCUT2D eigenvalue weighted by molar-refractivity contribution is 5.85. The van der Waals surface area contributed by atoms with Crippen molar-refractivity contribution in [1.82, 2.24) is 5.32 Å². The summed E-state index contributed by atoms with van der Waals surface area (Å²) in [5, 5.41) is 13.1. The van der Waals surface area contributed by atoms with Gasteiger partial charge in [0.25, 0.3) is 5.09 Å². The zero-order valence-electron chi connectivity index (χ0n) is 13.3. The fourth-order valence-electron chi connectivity index (χ4n) is 3.23. The molecule has 0 saturated carbocycles. The predicted octanol–water partition coefficient (Wildman–Crippen LogP) is 1.76. The number of unbranched alkanes of at least 4 members (excludes halogenated alkanes) is 1. The van der Waals surface area contributed by atoms with Crippen LogP contribution in [-0.2, 0) is 20.7 Å². The Labute approximate surface area is 147 Å². The van der Waals surface area contributed by atoms with Crippen LogP contribution in [0.1, 0.15) is 18.4 Å². The molecule has 3 rings (SSSR count). The molecule has 0 amide bonds. The number of halogens is 1. The lowest BCUT2D eigenvalue weighted by Crippen LogP contribution is -2.42. The molecule has 7 nitrogen and oxygen atoms in total. The van der Waals surface area contributed by atoms with Gasteiger partial charge in [0, 0.05) is 0 Å². The van der Waals surface area contributed by atoms with Gasteiger partial charge in [0.1, 0.15) is 12.2 Å². The van der Waals surface area contributed by atoms with Crippen LogP contribution in [0.5, 0.6) is 0 Å². The zero-order valence-corrected chi connectivity index (χ0v) is 14.2. The minimum Gasteiger partial charge on any atom is -0.371 e. The molecule has 2 aliphatic heterocycles. The highest BCUT2D eigenvalue weighted by Crippen LogP contribution is 2.28. The summed E-state index contributed by atoms with van der Waals surface area (Å²) in [5.41, 5.74) is 1.36. The molecule has 1 N–H and O–H groups in total. The van der Waals surface area contributed by atoms with Gasteiger partial charge in [-0.15, -0.1) is 22.5 Å². The van der Waals surface area contributed by atoms with Crippen LogP contribution in [0.15, 0.2) is 30.3 Å². The summed E-state index contributed by atoms with van der Waals surface area (Å²) in [6, 6.07) is 10.5. The summed E-state index contributed by atoms with van der Waals surface area (Å²) in [6.07, 6.45) is 2.14. The van der Waals surface area contributed by atoms with Crippen LogP contribution in [0.25, 0.3) is 0 Å². The summed E-state index contributed by atoms with van der Waals surface area (Å²) < 4.78 is 11.2. The second-order valence-electron chi connectivity index (χ2n) is 5.97. The number of ether oxygens (including phenoxy) is 2. The van der Waals surface area contributed by atoms with Crippen molar-refractivity contribution in [1.29, 1.82) is 0 Å². The molecule has 0 aromatic heterocycles. The summed E-state index contributed by atoms with van der Waals surface area (Å²) in [7, 11) is 0. The van der Waals surface area contributed by atoms with Crippen molar-refractivity contribution in [3.63, 3.8) is 0 Å². The number of benzene rings is 1. The molecule has 2 aliphatic rings. The van der Waals surface area contributed by atoms with Crippen molar-refractivity contribution in [2.24, 2.45) is 0 Å². The van der Waals surface area contributed by atoms with E-state index in [0.717, 1.165) is 25.8 Å². The molecule has 2 heterocycles. The van der Waals surface area contributed by atoms with Crippen molar-refractivity contribution in [3.8, 4) is 0 Å². The lowest BCUT2D eigenvalue weighted by molar-refractivity contribution is -0.769. The van der Waals surface area contributed by atoms with Crippen LogP contribution in [0.2, 0.25) is 0 Å². The first-order valence-electron chi connectivity index (χ1n) is 8.06. The van der Waals surface area contributed by atoms with Gasteiger partial charge in [-0.2, -0.15) is 0 Å². The maximum Gasteiger partial charge on any atom is 0.294 e. The molecule has 2 fully saturated rings. The van der Waals surface area contributed by atoms with Crippen molar-refractivity contribution >= 4 is 12.4 Å². The van der Waals surface area contributed by atoms with Crippen LogP contribution in [0, 0.1) is 10.1 Å². The van der Waals surface area contributed by atoms with Gasteiger partial charge in [-0.05, 0) is 31.4 Å². The number of fused-ring (bicyclic) bond motifs is 1. The molecule has 0 unspecified atom stereocenters. The molecule has 0 bridgehead atoms. The molecule has 2 saturated heterocycles. The Morgan fingerprint density at radius 1 is 1.17 bits per heavy atom. The number of rotatable bonds is 8.